The number of nitrogens with zero attached hydrogens (tertiary/aromatic N) is 2. The molecule has 3 rings (SSSR count). The Balaban J connectivity index is 1.81. The third-order valence-corrected chi connectivity index (χ3v) is 4.91. The molecule has 0 radical (unpaired) electrons. The Bertz CT molecular complexity index is 866. The first-order valence-electron chi connectivity index (χ1n) is 7.05. The van der Waals surface area contributed by atoms with Gasteiger partial charge in [0.25, 0.3) is 5.91 Å². The van der Waals surface area contributed by atoms with Crippen molar-refractivity contribution in [2.75, 3.05) is 0 Å². The van der Waals surface area contributed by atoms with Crippen LogP contribution in [0.15, 0.2) is 24.3 Å². The number of carbonyl (C=O) groups is 1. The fourth-order valence-electron chi connectivity index (χ4n) is 2.45. The quantitative estimate of drug-likeness (QED) is 0.793. The zero-order chi connectivity index (χ0) is 16.7. The minimum atomic E-state index is -0.924. The van der Waals surface area contributed by atoms with Gasteiger partial charge in [-0.1, -0.05) is 6.07 Å². The van der Waals surface area contributed by atoms with Crippen molar-refractivity contribution >= 4 is 27.5 Å². The molecule has 0 bridgehead atoms. The first-order chi connectivity index (χ1) is 10.9. The predicted octanol–water partition coefficient (Wildman–Crippen LogP) is 3.71. The number of benzene rings is 1. The van der Waals surface area contributed by atoms with Gasteiger partial charge in [-0.2, -0.15) is 5.10 Å². The Kier molecular flexibility index (Phi) is 3.89. The van der Waals surface area contributed by atoms with Gasteiger partial charge in [0, 0.05) is 12.4 Å². The summed E-state index contributed by atoms with van der Waals surface area (Å²) in [6.45, 7) is 3.62. The van der Waals surface area contributed by atoms with Gasteiger partial charge >= 0.3 is 0 Å². The van der Waals surface area contributed by atoms with Crippen LogP contribution in [0.25, 0.3) is 10.2 Å². The summed E-state index contributed by atoms with van der Waals surface area (Å²) in [5.74, 6) is -2.07. The van der Waals surface area contributed by atoms with Crippen molar-refractivity contribution in [3.8, 4) is 0 Å². The molecule has 0 aliphatic carbocycles. The second-order valence-corrected chi connectivity index (χ2v) is 6.44. The highest BCUT2D eigenvalue weighted by atomic mass is 32.1. The topological polar surface area (TPSA) is 46.9 Å². The fraction of sp³-hybridized carbons (Fsp3) is 0.250. The van der Waals surface area contributed by atoms with E-state index in [1.807, 2.05) is 14.0 Å². The first kappa shape index (κ1) is 15.6. The molecule has 1 aromatic carbocycles. The molecular formula is C16H15F2N3OS. The highest BCUT2D eigenvalue weighted by Crippen LogP contribution is 2.28. The minimum absolute atomic E-state index is 0.247. The Morgan fingerprint density at radius 3 is 2.70 bits per heavy atom. The molecule has 0 fully saturated rings. The zero-order valence-corrected chi connectivity index (χ0v) is 13.7. The van der Waals surface area contributed by atoms with Gasteiger partial charge in [-0.25, -0.2) is 8.78 Å². The number of nitrogens with one attached hydrogen (secondary N) is 1. The second kappa shape index (κ2) is 5.73. The molecule has 23 heavy (non-hydrogen) atoms. The monoisotopic (exact) mass is 335 g/mol. The van der Waals surface area contributed by atoms with E-state index in [-0.39, 0.29) is 5.91 Å². The standard InChI is InChI=1S/C16H15F2N3OS/c1-8(10-4-5-12(17)13(18)6-10)19-15(22)14-7-11-9(2)20-21(3)16(11)23-14/h4-8H,1-3H3,(H,19,22)/t8-/m0/s1. The van der Waals surface area contributed by atoms with Crippen LogP contribution in [0.1, 0.15) is 33.9 Å². The molecular weight excluding hydrogens is 320 g/mol. The average molecular weight is 335 g/mol. The van der Waals surface area contributed by atoms with Crippen molar-refractivity contribution in [1.29, 1.82) is 0 Å². The van der Waals surface area contributed by atoms with Gasteiger partial charge < -0.3 is 5.32 Å². The molecule has 0 unspecified atom stereocenters. The summed E-state index contributed by atoms with van der Waals surface area (Å²) in [5.41, 5.74) is 1.38. The van der Waals surface area contributed by atoms with Crippen LogP contribution in [-0.4, -0.2) is 15.7 Å². The maximum atomic E-state index is 13.3. The van der Waals surface area contributed by atoms with Crippen molar-refractivity contribution < 1.29 is 13.6 Å². The average Bonchev–Trinajstić information content (AvgIpc) is 3.04. The predicted molar refractivity (Wildman–Crippen MR) is 85.6 cm³/mol. The summed E-state index contributed by atoms with van der Waals surface area (Å²) in [6, 6.07) is 4.99. The molecule has 1 atom stereocenters. The van der Waals surface area contributed by atoms with Crippen molar-refractivity contribution in [1.82, 2.24) is 15.1 Å². The van der Waals surface area contributed by atoms with Crippen molar-refractivity contribution in [3.63, 3.8) is 0 Å². The summed E-state index contributed by atoms with van der Waals surface area (Å²) in [4.78, 5) is 13.9. The second-order valence-electron chi connectivity index (χ2n) is 5.41. The molecule has 0 spiro atoms. The molecule has 3 aromatic rings. The van der Waals surface area contributed by atoms with Gasteiger partial charge in [-0.05, 0) is 37.6 Å². The van der Waals surface area contributed by atoms with E-state index in [0.29, 0.717) is 10.4 Å². The summed E-state index contributed by atoms with van der Waals surface area (Å²) >= 11 is 1.35. The van der Waals surface area contributed by atoms with Gasteiger partial charge in [0.15, 0.2) is 11.6 Å². The van der Waals surface area contributed by atoms with E-state index in [9.17, 15) is 13.6 Å². The summed E-state index contributed by atoms with van der Waals surface area (Å²) < 4.78 is 28.0. The van der Waals surface area contributed by atoms with E-state index in [0.717, 1.165) is 28.0 Å². The number of amides is 1. The Labute approximate surface area is 135 Å². The smallest absolute Gasteiger partial charge is 0.261 e. The van der Waals surface area contributed by atoms with Gasteiger partial charge in [0.1, 0.15) is 4.83 Å². The number of aromatic nitrogens is 2. The van der Waals surface area contributed by atoms with E-state index >= 15 is 0 Å². The van der Waals surface area contributed by atoms with Gasteiger partial charge in [-0.3, -0.25) is 9.48 Å². The molecule has 0 saturated heterocycles. The molecule has 120 valence electrons. The van der Waals surface area contributed by atoms with Gasteiger partial charge in [-0.15, -0.1) is 11.3 Å². The number of aryl methyl sites for hydroxylation is 2. The SMILES string of the molecule is Cc1nn(C)c2sc(C(=O)N[C@@H](C)c3ccc(F)c(F)c3)cc12. The number of thiophene rings is 1. The maximum Gasteiger partial charge on any atom is 0.261 e. The van der Waals surface area contributed by atoms with Crippen molar-refractivity contribution in [2.45, 2.75) is 19.9 Å². The van der Waals surface area contributed by atoms with E-state index in [4.69, 9.17) is 0 Å². The van der Waals surface area contributed by atoms with Crippen molar-refractivity contribution in [2.24, 2.45) is 7.05 Å². The third kappa shape index (κ3) is 2.84. The van der Waals surface area contributed by atoms with Crippen LogP contribution >= 0.6 is 11.3 Å². The normalized spacial score (nSPS) is 12.6. The van der Waals surface area contributed by atoms with Crippen LogP contribution < -0.4 is 5.32 Å². The molecule has 0 aliphatic heterocycles. The van der Waals surface area contributed by atoms with E-state index in [1.165, 1.54) is 17.4 Å². The zero-order valence-electron chi connectivity index (χ0n) is 12.9. The molecule has 1 N–H and O–H groups in total. The Morgan fingerprint density at radius 1 is 1.30 bits per heavy atom. The molecule has 2 heterocycles. The number of carbonyl (C=O) groups excluding carboxylic acids is 1. The number of halogens is 2. The molecule has 1 amide bonds. The van der Waals surface area contributed by atoms with Crippen LogP contribution in [0.4, 0.5) is 8.78 Å². The van der Waals surface area contributed by atoms with E-state index in [2.05, 4.69) is 10.4 Å². The fourth-order valence-corrected chi connectivity index (χ4v) is 3.48. The highest BCUT2D eigenvalue weighted by Gasteiger charge is 2.18. The lowest BCUT2D eigenvalue weighted by molar-refractivity contribution is 0.0944. The lowest BCUT2D eigenvalue weighted by Gasteiger charge is -2.13. The van der Waals surface area contributed by atoms with Crippen LogP contribution in [0.2, 0.25) is 0 Å². The molecule has 2 aromatic heterocycles. The van der Waals surface area contributed by atoms with Gasteiger partial charge in [0.2, 0.25) is 0 Å². The summed E-state index contributed by atoms with van der Waals surface area (Å²) in [5, 5.41) is 8.04. The number of hydrogen-bond donors (Lipinski definition) is 1. The summed E-state index contributed by atoms with van der Waals surface area (Å²) in [7, 11) is 1.83. The molecule has 4 nitrogen and oxygen atoms in total. The van der Waals surface area contributed by atoms with Crippen LogP contribution in [0, 0.1) is 18.6 Å². The number of fused-ring (bicyclic) bond motifs is 1. The minimum Gasteiger partial charge on any atom is -0.345 e. The van der Waals surface area contributed by atoms with Crippen molar-refractivity contribution in [3.05, 3.63) is 52.0 Å². The summed E-state index contributed by atoms with van der Waals surface area (Å²) in [6.07, 6.45) is 0. The lowest BCUT2D eigenvalue weighted by Crippen LogP contribution is -2.26. The number of hydrogen-bond acceptors (Lipinski definition) is 3. The number of rotatable bonds is 3. The molecule has 0 saturated carbocycles. The Hall–Kier alpha value is -2.28. The van der Waals surface area contributed by atoms with Crippen LogP contribution in [0.3, 0.4) is 0 Å². The molecule has 7 heteroatoms. The Morgan fingerprint density at radius 2 is 2.04 bits per heavy atom. The van der Waals surface area contributed by atoms with E-state index < -0.39 is 17.7 Å². The highest BCUT2D eigenvalue weighted by molar-refractivity contribution is 7.20. The van der Waals surface area contributed by atoms with Crippen LogP contribution in [0.5, 0.6) is 0 Å². The molecule has 0 aliphatic rings. The lowest BCUT2D eigenvalue weighted by atomic mass is 10.1. The largest absolute Gasteiger partial charge is 0.345 e. The maximum absolute atomic E-state index is 13.3. The van der Waals surface area contributed by atoms with Crippen LogP contribution in [-0.2, 0) is 7.05 Å². The third-order valence-electron chi connectivity index (χ3n) is 3.71. The first-order valence-corrected chi connectivity index (χ1v) is 7.87. The van der Waals surface area contributed by atoms with Gasteiger partial charge in [0.05, 0.1) is 16.6 Å². The van der Waals surface area contributed by atoms with E-state index in [1.54, 1.807) is 17.7 Å².